The minimum Gasteiger partial charge on any atom is -0.480 e. The number of anilines is 1. The fourth-order valence-electron chi connectivity index (χ4n) is 4.27. The molecule has 14 heteroatoms. The lowest BCUT2D eigenvalue weighted by atomic mass is 10.0. The summed E-state index contributed by atoms with van der Waals surface area (Å²) in [5, 5.41) is 15.0. The Morgan fingerprint density at radius 1 is 1.05 bits per heavy atom. The first kappa shape index (κ1) is 32.5. The van der Waals surface area contributed by atoms with Gasteiger partial charge < -0.3 is 27.2 Å². The lowest BCUT2D eigenvalue weighted by molar-refractivity contribution is -0.142. The van der Waals surface area contributed by atoms with E-state index >= 15 is 0 Å². The molecule has 2 atom stereocenters. The van der Waals surface area contributed by atoms with E-state index in [2.05, 4.69) is 15.6 Å². The average Bonchev–Trinajstić information content (AvgIpc) is 3.41. The predicted molar refractivity (Wildman–Crippen MR) is 153 cm³/mol. The second kappa shape index (κ2) is 15.2. The Balaban J connectivity index is 0.00000560. The van der Waals surface area contributed by atoms with Gasteiger partial charge in [0.1, 0.15) is 12.1 Å². The number of carboxylic acids is 1. The van der Waals surface area contributed by atoms with Crippen LogP contribution in [0.5, 0.6) is 0 Å². The lowest BCUT2D eigenvalue weighted by Gasteiger charge is -2.25. The van der Waals surface area contributed by atoms with E-state index < -0.39 is 34.0 Å². The van der Waals surface area contributed by atoms with Gasteiger partial charge in [-0.15, -0.1) is 12.4 Å². The van der Waals surface area contributed by atoms with Crippen LogP contribution in [0.4, 0.5) is 5.69 Å². The molecule has 40 heavy (non-hydrogen) atoms. The Morgan fingerprint density at radius 2 is 1.73 bits per heavy atom. The van der Waals surface area contributed by atoms with Gasteiger partial charge in [0.05, 0.1) is 4.90 Å². The maximum atomic E-state index is 13.1. The number of rotatable bonds is 13. The number of aliphatic imine (C=N–C) groups is 1. The molecule has 1 aliphatic rings. The summed E-state index contributed by atoms with van der Waals surface area (Å²) in [6.45, 7) is 0.629. The number of guanidine groups is 1. The van der Waals surface area contributed by atoms with Crippen LogP contribution in [0.3, 0.4) is 0 Å². The fourth-order valence-corrected chi connectivity index (χ4v) is 5.95. The molecule has 3 rings (SSSR count). The first-order valence-electron chi connectivity index (χ1n) is 12.6. The lowest BCUT2D eigenvalue weighted by Crippen LogP contribution is -2.51. The van der Waals surface area contributed by atoms with Crippen LogP contribution in [0.15, 0.2) is 64.5 Å². The summed E-state index contributed by atoms with van der Waals surface area (Å²) >= 11 is 0. The van der Waals surface area contributed by atoms with Gasteiger partial charge in [0.25, 0.3) is 0 Å². The number of nitrogens with one attached hydrogen (secondary N) is 2. The van der Waals surface area contributed by atoms with Crippen molar-refractivity contribution in [2.45, 2.75) is 55.5 Å². The molecule has 2 aromatic carbocycles. The first-order chi connectivity index (χ1) is 18.6. The second-order valence-corrected chi connectivity index (χ2v) is 11.1. The minimum atomic E-state index is -3.90. The van der Waals surface area contributed by atoms with Crippen molar-refractivity contribution < 1.29 is 27.9 Å². The maximum Gasteiger partial charge on any atom is 0.326 e. The number of carboxylic acid groups (broad SMARTS) is 1. The summed E-state index contributed by atoms with van der Waals surface area (Å²) in [6, 6.07) is 12.2. The van der Waals surface area contributed by atoms with Gasteiger partial charge in [-0.1, -0.05) is 30.3 Å². The molecule has 2 aromatic rings. The van der Waals surface area contributed by atoms with Crippen LogP contribution in [-0.2, 0) is 30.8 Å². The van der Waals surface area contributed by atoms with Crippen molar-refractivity contribution in [1.82, 2.24) is 9.62 Å². The van der Waals surface area contributed by atoms with Crippen LogP contribution in [0, 0.1) is 0 Å². The van der Waals surface area contributed by atoms with E-state index in [1.807, 2.05) is 0 Å². The normalized spacial score (nSPS) is 15.8. The van der Waals surface area contributed by atoms with Crippen LogP contribution in [-0.4, -0.2) is 66.7 Å². The number of sulfonamides is 1. The molecule has 0 spiro atoms. The molecule has 7 N–H and O–H groups in total. The SMILES string of the molecule is Cl.NC(N)=NCCCCC(=O)Nc1ccc(C[C@H](NC(=O)[C@@H]2CCCN2S(=O)(=O)c2ccccc2)C(=O)O)cc1. The highest BCUT2D eigenvalue weighted by Crippen LogP contribution is 2.26. The molecule has 0 radical (unpaired) electrons. The number of nitrogens with zero attached hydrogens (tertiary/aromatic N) is 2. The van der Waals surface area contributed by atoms with E-state index in [0.29, 0.717) is 49.9 Å². The van der Waals surface area contributed by atoms with Crippen molar-refractivity contribution in [3.63, 3.8) is 0 Å². The highest BCUT2D eigenvalue weighted by atomic mass is 35.5. The number of amides is 2. The molecule has 1 saturated heterocycles. The predicted octanol–water partition coefficient (Wildman–Crippen LogP) is 1.46. The summed E-state index contributed by atoms with van der Waals surface area (Å²) in [5.74, 6) is -2.05. The van der Waals surface area contributed by atoms with Crippen molar-refractivity contribution in [1.29, 1.82) is 0 Å². The number of carbonyl (C=O) groups is 3. The number of nitrogens with two attached hydrogens (primary N) is 2. The van der Waals surface area contributed by atoms with Crippen LogP contribution >= 0.6 is 12.4 Å². The van der Waals surface area contributed by atoms with E-state index in [-0.39, 0.29) is 42.1 Å². The molecule has 2 amide bonds. The molecule has 1 aliphatic heterocycles. The molecule has 1 fully saturated rings. The van der Waals surface area contributed by atoms with E-state index in [0.717, 1.165) is 4.31 Å². The van der Waals surface area contributed by atoms with Gasteiger partial charge >= 0.3 is 5.97 Å². The number of aliphatic carboxylic acids is 1. The smallest absolute Gasteiger partial charge is 0.326 e. The molecular formula is C26H35ClN6O6S. The minimum absolute atomic E-state index is 0. The number of hydrogen-bond acceptors (Lipinski definition) is 6. The molecular weight excluding hydrogens is 560 g/mol. The quantitative estimate of drug-likeness (QED) is 0.130. The largest absolute Gasteiger partial charge is 0.480 e. The Morgan fingerprint density at radius 3 is 2.35 bits per heavy atom. The summed E-state index contributed by atoms with van der Waals surface area (Å²) in [7, 11) is -3.90. The Labute approximate surface area is 239 Å². The molecule has 1 heterocycles. The first-order valence-corrected chi connectivity index (χ1v) is 14.1. The molecule has 0 aliphatic carbocycles. The van der Waals surface area contributed by atoms with Gasteiger partial charge in [-0.25, -0.2) is 13.2 Å². The molecule has 0 unspecified atom stereocenters. The van der Waals surface area contributed by atoms with E-state index in [1.54, 1.807) is 42.5 Å². The van der Waals surface area contributed by atoms with Gasteiger partial charge in [0, 0.05) is 31.6 Å². The maximum absolute atomic E-state index is 13.1. The zero-order chi connectivity index (χ0) is 28.4. The third-order valence-electron chi connectivity index (χ3n) is 6.25. The summed E-state index contributed by atoms with van der Waals surface area (Å²) in [4.78, 5) is 41.0. The van der Waals surface area contributed by atoms with Gasteiger partial charge in [-0.3, -0.25) is 14.6 Å². The Hall–Kier alpha value is -3.68. The Kier molecular flexibility index (Phi) is 12.4. The van der Waals surface area contributed by atoms with Crippen LogP contribution in [0.25, 0.3) is 0 Å². The average molecular weight is 595 g/mol. The van der Waals surface area contributed by atoms with E-state index in [9.17, 15) is 27.9 Å². The number of benzene rings is 2. The van der Waals surface area contributed by atoms with Crippen LogP contribution < -0.4 is 22.1 Å². The molecule has 218 valence electrons. The standard InChI is InChI=1S/C26H34N6O6S.ClH/c27-26(28)29-15-5-4-10-23(33)30-19-13-11-18(12-14-19)17-21(25(35)36)31-24(34)22-9-6-16-32(22)39(37,38)20-7-2-1-3-8-20;/h1-3,7-8,11-14,21-22H,4-6,9-10,15-17H2,(H,30,33)(H,31,34)(H,35,36)(H4,27,28,29);1H/t21-,22-;/m0./s1. The number of hydrogen-bond donors (Lipinski definition) is 5. The van der Waals surface area contributed by atoms with Gasteiger partial charge in [-0.2, -0.15) is 4.31 Å². The highest BCUT2D eigenvalue weighted by molar-refractivity contribution is 7.89. The zero-order valence-electron chi connectivity index (χ0n) is 21.9. The fraction of sp³-hybridized carbons (Fsp3) is 0.385. The van der Waals surface area contributed by atoms with Crippen molar-refractivity contribution in [3.05, 3.63) is 60.2 Å². The molecule has 0 aromatic heterocycles. The van der Waals surface area contributed by atoms with Gasteiger partial charge in [0.2, 0.25) is 21.8 Å². The topological polar surface area (TPSA) is 197 Å². The Bertz CT molecular complexity index is 1290. The number of carbonyl (C=O) groups excluding carboxylic acids is 2. The van der Waals surface area contributed by atoms with Gasteiger partial charge in [-0.05, 0) is 55.5 Å². The zero-order valence-corrected chi connectivity index (χ0v) is 23.5. The molecule has 0 saturated carbocycles. The van der Waals surface area contributed by atoms with Crippen molar-refractivity contribution in [2.75, 3.05) is 18.4 Å². The van der Waals surface area contributed by atoms with E-state index in [1.165, 1.54) is 12.1 Å². The van der Waals surface area contributed by atoms with E-state index in [4.69, 9.17) is 11.5 Å². The summed E-state index contributed by atoms with van der Waals surface area (Å²) in [5.41, 5.74) is 11.7. The van der Waals surface area contributed by atoms with Crippen molar-refractivity contribution >= 4 is 51.9 Å². The summed E-state index contributed by atoms with van der Waals surface area (Å²) in [6.07, 6.45) is 2.36. The van der Waals surface area contributed by atoms with Crippen LogP contribution in [0.1, 0.15) is 37.7 Å². The highest BCUT2D eigenvalue weighted by Gasteiger charge is 2.40. The third kappa shape index (κ3) is 9.21. The molecule has 12 nitrogen and oxygen atoms in total. The number of unbranched alkanes of at least 4 members (excludes halogenated alkanes) is 1. The van der Waals surface area contributed by atoms with Crippen molar-refractivity contribution in [3.8, 4) is 0 Å². The number of halogens is 1. The monoisotopic (exact) mass is 594 g/mol. The second-order valence-electron chi connectivity index (χ2n) is 9.20. The third-order valence-corrected chi connectivity index (χ3v) is 8.18. The molecule has 0 bridgehead atoms. The van der Waals surface area contributed by atoms with Gasteiger partial charge in [0.15, 0.2) is 5.96 Å². The van der Waals surface area contributed by atoms with Crippen LogP contribution in [0.2, 0.25) is 0 Å². The van der Waals surface area contributed by atoms with Crippen molar-refractivity contribution in [2.24, 2.45) is 16.5 Å². The summed E-state index contributed by atoms with van der Waals surface area (Å²) < 4.78 is 27.3.